The fourth-order valence-corrected chi connectivity index (χ4v) is 5.86. The summed E-state index contributed by atoms with van der Waals surface area (Å²) in [5.74, 6) is -0.367. The summed E-state index contributed by atoms with van der Waals surface area (Å²) in [6.45, 7) is 3.09. The summed E-state index contributed by atoms with van der Waals surface area (Å²) in [6, 6.07) is 12.1. The van der Waals surface area contributed by atoms with Gasteiger partial charge in [0.15, 0.2) is 0 Å². The average molecular weight is 434 g/mol. The summed E-state index contributed by atoms with van der Waals surface area (Å²) in [4.78, 5) is 15.0. The minimum atomic E-state index is -3.70. The van der Waals surface area contributed by atoms with E-state index in [-0.39, 0.29) is 21.4 Å². The van der Waals surface area contributed by atoms with Gasteiger partial charge in [0, 0.05) is 43.1 Å². The van der Waals surface area contributed by atoms with Crippen molar-refractivity contribution in [3.63, 3.8) is 0 Å². The molecule has 1 amide bonds. The van der Waals surface area contributed by atoms with E-state index in [1.54, 1.807) is 6.07 Å². The maximum atomic E-state index is 12.9. The van der Waals surface area contributed by atoms with Crippen molar-refractivity contribution in [3.8, 4) is 0 Å². The van der Waals surface area contributed by atoms with Crippen LogP contribution in [-0.2, 0) is 10.0 Å². The maximum absolute atomic E-state index is 12.9. The van der Waals surface area contributed by atoms with E-state index in [9.17, 15) is 13.2 Å². The lowest BCUT2D eigenvalue weighted by Gasteiger charge is -2.18. The van der Waals surface area contributed by atoms with Crippen molar-refractivity contribution in [2.75, 3.05) is 36.4 Å². The molecule has 0 unspecified atom stereocenters. The monoisotopic (exact) mass is 433 g/mol. The van der Waals surface area contributed by atoms with Crippen LogP contribution in [0.5, 0.6) is 0 Å². The number of benzene rings is 2. The molecule has 6 nitrogen and oxygen atoms in total. The van der Waals surface area contributed by atoms with Crippen molar-refractivity contribution in [2.45, 2.75) is 30.6 Å². The number of rotatable bonds is 5. The highest BCUT2D eigenvalue weighted by atomic mass is 35.5. The first kappa shape index (κ1) is 20.2. The topological polar surface area (TPSA) is 69.7 Å². The zero-order valence-corrected chi connectivity index (χ0v) is 17.7. The SMILES string of the molecule is O=C(Nc1ccc(N2CCCC2)cc1)c1ccc(Cl)c(S(=O)(=O)N2CCCC2)c1. The number of halogens is 1. The third-order valence-electron chi connectivity index (χ3n) is 5.47. The van der Waals surface area contributed by atoms with Gasteiger partial charge in [-0.25, -0.2) is 8.42 Å². The smallest absolute Gasteiger partial charge is 0.255 e. The van der Waals surface area contributed by atoms with Gasteiger partial charge in [0.2, 0.25) is 10.0 Å². The second-order valence-corrected chi connectivity index (χ2v) is 9.77. The summed E-state index contributed by atoms with van der Waals surface area (Å²) in [5, 5.41) is 2.96. The molecule has 0 radical (unpaired) electrons. The number of hydrogen-bond acceptors (Lipinski definition) is 4. The molecule has 2 aromatic rings. The van der Waals surface area contributed by atoms with Crippen LogP contribution >= 0.6 is 11.6 Å². The molecular weight excluding hydrogens is 410 g/mol. The molecule has 2 aromatic carbocycles. The first-order chi connectivity index (χ1) is 13.9. The minimum Gasteiger partial charge on any atom is -0.372 e. The molecule has 0 saturated carbocycles. The number of anilines is 2. The lowest BCUT2D eigenvalue weighted by molar-refractivity contribution is 0.102. The lowest BCUT2D eigenvalue weighted by Crippen LogP contribution is -2.28. The minimum absolute atomic E-state index is 0.0157. The van der Waals surface area contributed by atoms with Gasteiger partial charge in [-0.2, -0.15) is 4.31 Å². The lowest BCUT2D eigenvalue weighted by atomic mass is 10.2. The van der Waals surface area contributed by atoms with Gasteiger partial charge in [0.05, 0.1) is 5.02 Å². The van der Waals surface area contributed by atoms with Gasteiger partial charge in [0.1, 0.15) is 4.90 Å². The van der Waals surface area contributed by atoms with Crippen LogP contribution < -0.4 is 10.2 Å². The van der Waals surface area contributed by atoms with Crippen molar-refractivity contribution in [2.24, 2.45) is 0 Å². The number of hydrogen-bond donors (Lipinski definition) is 1. The molecule has 2 fully saturated rings. The van der Waals surface area contributed by atoms with E-state index in [4.69, 9.17) is 11.6 Å². The van der Waals surface area contributed by atoms with Crippen molar-refractivity contribution < 1.29 is 13.2 Å². The van der Waals surface area contributed by atoms with E-state index in [1.165, 1.54) is 29.3 Å². The third-order valence-corrected chi connectivity index (χ3v) is 7.85. The molecule has 2 aliphatic rings. The number of nitrogens with zero attached hydrogens (tertiary/aromatic N) is 2. The van der Waals surface area contributed by atoms with Gasteiger partial charge in [-0.3, -0.25) is 4.79 Å². The molecule has 4 rings (SSSR count). The van der Waals surface area contributed by atoms with Gasteiger partial charge in [-0.1, -0.05) is 11.6 Å². The molecule has 2 aliphatic heterocycles. The molecule has 0 aromatic heterocycles. The van der Waals surface area contributed by atoms with E-state index in [0.717, 1.165) is 31.6 Å². The molecule has 0 atom stereocenters. The van der Waals surface area contributed by atoms with Gasteiger partial charge in [-0.15, -0.1) is 0 Å². The molecule has 0 aliphatic carbocycles. The van der Waals surface area contributed by atoms with Gasteiger partial charge >= 0.3 is 0 Å². The molecule has 0 spiro atoms. The van der Waals surface area contributed by atoms with Crippen LogP contribution in [-0.4, -0.2) is 44.8 Å². The van der Waals surface area contributed by atoms with E-state index in [0.29, 0.717) is 18.8 Å². The van der Waals surface area contributed by atoms with E-state index in [2.05, 4.69) is 10.2 Å². The van der Waals surface area contributed by atoms with E-state index >= 15 is 0 Å². The van der Waals surface area contributed by atoms with Gasteiger partial charge in [-0.05, 0) is 68.1 Å². The summed E-state index contributed by atoms with van der Waals surface area (Å²) in [7, 11) is -3.70. The number of nitrogens with one attached hydrogen (secondary N) is 1. The summed E-state index contributed by atoms with van der Waals surface area (Å²) in [6.07, 6.45) is 4.09. The third kappa shape index (κ3) is 4.27. The van der Waals surface area contributed by atoms with Crippen molar-refractivity contribution in [3.05, 3.63) is 53.1 Å². The van der Waals surface area contributed by atoms with Crippen LogP contribution in [0.4, 0.5) is 11.4 Å². The first-order valence-corrected chi connectivity index (χ1v) is 11.7. The van der Waals surface area contributed by atoms with Crippen molar-refractivity contribution >= 4 is 38.9 Å². The molecule has 8 heteroatoms. The molecule has 2 saturated heterocycles. The Hall–Kier alpha value is -2.09. The Bertz CT molecular complexity index is 996. The van der Waals surface area contributed by atoms with Crippen LogP contribution in [0.15, 0.2) is 47.4 Å². The Labute approximate surface area is 176 Å². The molecule has 1 N–H and O–H groups in total. The fourth-order valence-electron chi connectivity index (χ4n) is 3.84. The van der Waals surface area contributed by atoms with Gasteiger partial charge < -0.3 is 10.2 Å². The molecule has 0 bridgehead atoms. The highest BCUT2D eigenvalue weighted by Crippen LogP contribution is 2.28. The first-order valence-electron chi connectivity index (χ1n) is 9.91. The Balaban J connectivity index is 1.51. The number of carbonyl (C=O) groups excluding carboxylic acids is 1. The average Bonchev–Trinajstić information content (AvgIpc) is 3.43. The van der Waals surface area contributed by atoms with Crippen LogP contribution in [0, 0.1) is 0 Å². The van der Waals surface area contributed by atoms with Crippen molar-refractivity contribution in [1.82, 2.24) is 4.31 Å². The summed E-state index contributed by atoms with van der Waals surface area (Å²) in [5.41, 5.74) is 2.07. The highest BCUT2D eigenvalue weighted by Gasteiger charge is 2.29. The van der Waals surface area contributed by atoms with Crippen LogP contribution in [0.1, 0.15) is 36.0 Å². The zero-order valence-electron chi connectivity index (χ0n) is 16.1. The number of amides is 1. The van der Waals surface area contributed by atoms with Crippen molar-refractivity contribution in [1.29, 1.82) is 0 Å². The van der Waals surface area contributed by atoms with Crippen LogP contribution in [0.25, 0.3) is 0 Å². The van der Waals surface area contributed by atoms with Gasteiger partial charge in [0.25, 0.3) is 5.91 Å². The quantitative estimate of drug-likeness (QED) is 0.774. The predicted molar refractivity (Wildman–Crippen MR) is 115 cm³/mol. The maximum Gasteiger partial charge on any atom is 0.255 e. The van der Waals surface area contributed by atoms with E-state index in [1.807, 2.05) is 24.3 Å². The van der Waals surface area contributed by atoms with E-state index < -0.39 is 10.0 Å². The largest absolute Gasteiger partial charge is 0.372 e. The summed E-state index contributed by atoms with van der Waals surface area (Å²) < 4.78 is 27.1. The number of carbonyl (C=O) groups is 1. The highest BCUT2D eigenvalue weighted by molar-refractivity contribution is 7.89. The van der Waals surface area contributed by atoms with Crippen LogP contribution in [0.2, 0.25) is 5.02 Å². The molecule has 154 valence electrons. The number of sulfonamides is 1. The molecular formula is C21H24ClN3O3S. The normalized spacial score (nSPS) is 17.6. The molecule has 2 heterocycles. The standard InChI is InChI=1S/C21H24ClN3O3S/c22-19-10-5-16(15-20(19)29(27,28)25-13-3-4-14-25)21(26)23-17-6-8-18(9-7-17)24-11-1-2-12-24/h5-10,15H,1-4,11-14H2,(H,23,26). The Morgan fingerprint density at radius 3 is 2.17 bits per heavy atom. The molecule has 29 heavy (non-hydrogen) atoms. The Morgan fingerprint density at radius 1 is 0.897 bits per heavy atom. The predicted octanol–water partition coefficient (Wildman–Crippen LogP) is 3.98. The second-order valence-electron chi connectivity index (χ2n) is 7.45. The fraction of sp³-hybridized carbons (Fsp3) is 0.381. The zero-order chi connectivity index (χ0) is 20.4. The Morgan fingerprint density at radius 2 is 1.52 bits per heavy atom. The Kier molecular flexibility index (Phi) is 5.81. The second kappa shape index (κ2) is 8.34. The van der Waals surface area contributed by atoms with Crippen LogP contribution in [0.3, 0.4) is 0 Å². The summed E-state index contributed by atoms with van der Waals surface area (Å²) >= 11 is 6.16.